The van der Waals surface area contributed by atoms with Gasteiger partial charge < -0.3 is 24.8 Å². The first-order valence-corrected chi connectivity index (χ1v) is 7.81. The third-order valence-electron chi connectivity index (χ3n) is 3.98. The number of aliphatic hydroxyl groups is 1. The van der Waals surface area contributed by atoms with E-state index in [2.05, 4.69) is 10.2 Å². The Labute approximate surface area is 125 Å². The van der Waals surface area contributed by atoms with Crippen LogP contribution in [-0.2, 0) is 6.54 Å². The molecule has 2 aliphatic rings. The lowest BCUT2D eigenvalue weighted by molar-refractivity contribution is 0.123. The van der Waals surface area contributed by atoms with Crippen molar-refractivity contribution in [2.75, 3.05) is 39.4 Å². The standard InChI is InChI=1S/C16H24N2O3/c19-14(12-18-5-1-2-6-18)11-17-10-13-3-4-15-16(9-13)21-8-7-20-15/h3-4,9,14,17,19H,1-2,5-8,10-12H2. The lowest BCUT2D eigenvalue weighted by Gasteiger charge is -2.20. The molecule has 3 rings (SSSR count). The molecule has 1 aromatic rings. The van der Waals surface area contributed by atoms with E-state index in [4.69, 9.17) is 9.47 Å². The average Bonchev–Trinajstić information content (AvgIpc) is 3.00. The number of benzene rings is 1. The van der Waals surface area contributed by atoms with E-state index in [0.29, 0.717) is 19.8 Å². The van der Waals surface area contributed by atoms with Crippen LogP contribution in [0.2, 0.25) is 0 Å². The van der Waals surface area contributed by atoms with E-state index in [1.54, 1.807) is 0 Å². The van der Waals surface area contributed by atoms with Gasteiger partial charge in [-0.3, -0.25) is 0 Å². The van der Waals surface area contributed by atoms with Crippen LogP contribution < -0.4 is 14.8 Å². The zero-order valence-electron chi connectivity index (χ0n) is 12.4. The van der Waals surface area contributed by atoms with Crippen molar-refractivity contribution in [1.82, 2.24) is 10.2 Å². The first-order chi connectivity index (χ1) is 10.3. The maximum atomic E-state index is 10.0. The van der Waals surface area contributed by atoms with Gasteiger partial charge in [0.2, 0.25) is 0 Å². The Kier molecular flexibility index (Phi) is 4.95. The second-order valence-electron chi connectivity index (χ2n) is 5.77. The topological polar surface area (TPSA) is 54.0 Å². The maximum absolute atomic E-state index is 10.0. The van der Waals surface area contributed by atoms with Crippen molar-refractivity contribution in [3.8, 4) is 11.5 Å². The Balaban J connectivity index is 1.42. The molecule has 2 heterocycles. The summed E-state index contributed by atoms with van der Waals surface area (Å²) in [5.41, 5.74) is 1.15. The molecule has 0 aromatic heterocycles. The minimum absolute atomic E-state index is 0.305. The van der Waals surface area contributed by atoms with Crippen LogP contribution in [0, 0.1) is 0 Å². The van der Waals surface area contributed by atoms with Crippen LogP contribution >= 0.6 is 0 Å². The molecule has 5 nitrogen and oxygen atoms in total. The van der Waals surface area contributed by atoms with E-state index in [1.807, 2.05) is 18.2 Å². The summed E-state index contributed by atoms with van der Waals surface area (Å²) in [6, 6.07) is 5.99. The molecule has 21 heavy (non-hydrogen) atoms. The number of hydrogen-bond acceptors (Lipinski definition) is 5. The van der Waals surface area contributed by atoms with Crippen molar-refractivity contribution < 1.29 is 14.6 Å². The van der Waals surface area contributed by atoms with Gasteiger partial charge in [-0.25, -0.2) is 0 Å². The van der Waals surface area contributed by atoms with E-state index < -0.39 is 0 Å². The van der Waals surface area contributed by atoms with Crippen LogP contribution in [0.4, 0.5) is 0 Å². The van der Waals surface area contributed by atoms with E-state index in [1.165, 1.54) is 12.8 Å². The average molecular weight is 292 g/mol. The van der Waals surface area contributed by atoms with Crippen LogP contribution in [-0.4, -0.2) is 55.5 Å². The number of rotatable bonds is 6. The van der Waals surface area contributed by atoms with Crippen LogP contribution in [0.1, 0.15) is 18.4 Å². The van der Waals surface area contributed by atoms with Gasteiger partial charge in [0.25, 0.3) is 0 Å². The fourth-order valence-electron chi connectivity index (χ4n) is 2.91. The lowest BCUT2D eigenvalue weighted by atomic mass is 10.2. The van der Waals surface area contributed by atoms with Gasteiger partial charge in [0.05, 0.1) is 6.10 Å². The molecule has 116 valence electrons. The van der Waals surface area contributed by atoms with Gasteiger partial charge in [0.15, 0.2) is 11.5 Å². The number of β-amino-alcohol motifs (C(OH)–C–C–N with tert-alkyl or cyclic N) is 1. The molecule has 2 N–H and O–H groups in total. The first kappa shape index (κ1) is 14.6. The van der Waals surface area contributed by atoms with Crippen molar-refractivity contribution in [2.24, 2.45) is 0 Å². The second kappa shape index (κ2) is 7.11. The monoisotopic (exact) mass is 292 g/mol. The van der Waals surface area contributed by atoms with Crippen LogP contribution in [0.3, 0.4) is 0 Å². The van der Waals surface area contributed by atoms with Crippen molar-refractivity contribution in [3.05, 3.63) is 23.8 Å². The summed E-state index contributed by atoms with van der Waals surface area (Å²) in [5.74, 6) is 1.64. The molecular formula is C16H24N2O3. The molecule has 0 saturated carbocycles. The number of hydrogen-bond donors (Lipinski definition) is 2. The number of likely N-dealkylation sites (tertiary alicyclic amines) is 1. The maximum Gasteiger partial charge on any atom is 0.161 e. The van der Waals surface area contributed by atoms with Gasteiger partial charge in [-0.05, 0) is 43.6 Å². The van der Waals surface area contributed by atoms with Crippen molar-refractivity contribution in [3.63, 3.8) is 0 Å². The van der Waals surface area contributed by atoms with Gasteiger partial charge in [-0.2, -0.15) is 0 Å². The summed E-state index contributed by atoms with van der Waals surface area (Å²) in [6.45, 7) is 5.59. The number of nitrogens with one attached hydrogen (secondary N) is 1. The zero-order chi connectivity index (χ0) is 14.5. The van der Waals surface area contributed by atoms with Gasteiger partial charge in [-0.15, -0.1) is 0 Å². The molecule has 0 spiro atoms. The summed E-state index contributed by atoms with van der Waals surface area (Å²) >= 11 is 0. The molecule has 0 aliphatic carbocycles. The van der Waals surface area contributed by atoms with Crippen molar-refractivity contribution in [1.29, 1.82) is 0 Å². The quantitative estimate of drug-likeness (QED) is 0.819. The summed E-state index contributed by atoms with van der Waals surface area (Å²) < 4.78 is 11.1. The van der Waals surface area contributed by atoms with Crippen LogP contribution in [0.5, 0.6) is 11.5 Å². The normalized spacial score (nSPS) is 19.7. The van der Waals surface area contributed by atoms with Crippen molar-refractivity contribution in [2.45, 2.75) is 25.5 Å². The van der Waals surface area contributed by atoms with E-state index in [-0.39, 0.29) is 6.10 Å². The van der Waals surface area contributed by atoms with Crippen LogP contribution in [0.25, 0.3) is 0 Å². The molecule has 1 unspecified atom stereocenters. The number of fused-ring (bicyclic) bond motifs is 1. The highest BCUT2D eigenvalue weighted by atomic mass is 16.6. The number of aliphatic hydroxyl groups excluding tert-OH is 1. The molecule has 1 fully saturated rings. The SMILES string of the molecule is OC(CNCc1ccc2c(c1)OCCO2)CN1CCCC1. The Bertz CT molecular complexity index is 461. The van der Waals surface area contributed by atoms with Crippen molar-refractivity contribution >= 4 is 0 Å². The molecule has 2 aliphatic heterocycles. The molecule has 5 heteroatoms. The Morgan fingerprint density at radius 1 is 1.14 bits per heavy atom. The van der Waals surface area contributed by atoms with Crippen LogP contribution in [0.15, 0.2) is 18.2 Å². The van der Waals surface area contributed by atoms with E-state index >= 15 is 0 Å². The minimum atomic E-state index is -0.305. The molecule has 1 atom stereocenters. The number of nitrogens with zero attached hydrogens (tertiary/aromatic N) is 1. The highest BCUT2D eigenvalue weighted by Crippen LogP contribution is 2.30. The highest BCUT2D eigenvalue weighted by molar-refractivity contribution is 5.43. The van der Waals surface area contributed by atoms with Gasteiger partial charge in [-0.1, -0.05) is 6.07 Å². The Morgan fingerprint density at radius 2 is 1.90 bits per heavy atom. The number of ether oxygens (including phenoxy) is 2. The molecule has 0 radical (unpaired) electrons. The second-order valence-corrected chi connectivity index (χ2v) is 5.77. The van der Waals surface area contributed by atoms with Gasteiger partial charge in [0.1, 0.15) is 13.2 Å². The Morgan fingerprint density at radius 3 is 2.71 bits per heavy atom. The van der Waals surface area contributed by atoms with Gasteiger partial charge >= 0.3 is 0 Å². The third-order valence-corrected chi connectivity index (χ3v) is 3.98. The molecule has 0 amide bonds. The summed E-state index contributed by atoms with van der Waals surface area (Å²) in [5, 5.41) is 13.3. The summed E-state index contributed by atoms with van der Waals surface area (Å²) in [4.78, 5) is 2.33. The molecule has 1 aromatic carbocycles. The largest absolute Gasteiger partial charge is 0.486 e. The molecule has 1 saturated heterocycles. The fraction of sp³-hybridized carbons (Fsp3) is 0.625. The fourth-order valence-corrected chi connectivity index (χ4v) is 2.91. The Hall–Kier alpha value is -1.30. The smallest absolute Gasteiger partial charge is 0.161 e. The molecule has 0 bridgehead atoms. The molecular weight excluding hydrogens is 268 g/mol. The first-order valence-electron chi connectivity index (χ1n) is 7.81. The predicted octanol–water partition coefficient (Wildman–Crippen LogP) is 1.00. The zero-order valence-corrected chi connectivity index (χ0v) is 12.4. The third kappa shape index (κ3) is 4.09. The van der Waals surface area contributed by atoms with E-state index in [0.717, 1.165) is 43.2 Å². The summed E-state index contributed by atoms with van der Waals surface area (Å²) in [7, 11) is 0. The lowest BCUT2D eigenvalue weighted by Crippen LogP contribution is -2.36. The van der Waals surface area contributed by atoms with Gasteiger partial charge in [0, 0.05) is 19.6 Å². The van der Waals surface area contributed by atoms with E-state index in [9.17, 15) is 5.11 Å². The highest BCUT2D eigenvalue weighted by Gasteiger charge is 2.15. The summed E-state index contributed by atoms with van der Waals surface area (Å²) in [6.07, 6.45) is 2.22. The minimum Gasteiger partial charge on any atom is -0.486 e. The predicted molar refractivity (Wildman–Crippen MR) is 80.8 cm³/mol.